The molecule has 0 aliphatic rings. The van der Waals surface area contributed by atoms with Crippen LogP contribution in [-0.4, -0.2) is 21.1 Å². The fourth-order valence-corrected chi connectivity index (χ4v) is 2.05. The highest BCUT2D eigenvalue weighted by atomic mass is 79.9. The zero-order chi connectivity index (χ0) is 14.7. The molecule has 0 amide bonds. The molecule has 3 aromatic rings. The highest BCUT2D eigenvalue weighted by Gasteiger charge is 2.13. The van der Waals surface area contributed by atoms with E-state index in [9.17, 15) is 4.79 Å². The third-order valence-electron chi connectivity index (χ3n) is 2.69. The lowest BCUT2D eigenvalue weighted by Crippen LogP contribution is -2.05. The minimum absolute atomic E-state index is 0.0741. The van der Waals surface area contributed by atoms with Crippen LogP contribution in [0, 0.1) is 0 Å². The minimum Gasteiger partial charge on any atom is -0.451 e. The second kappa shape index (κ2) is 5.92. The Morgan fingerprint density at radius 3 is 2.86 bits per heavy atom. The van der Waals surface area contributed by atoms with E-state index >= 15 is 0 Å². The Balaban J connectivity index is 1.64. The number of aromatic amines is 1. The van der Waals surface area contributed by atoms with Gasteiger partial charge in [-0.1, -0.05) is 35.5 Å². The molecule has 106 valence electrons. The fraction of sp³-hybridized carbons (Fsp3) is 0.0714. The number of nitrogens with one attached hydrogen (secondary N) is 1. The number of rotatable bonds is 4. The van der Waals surface area contributed by atoms with Gasteiger partial charge in [0.2, 0.25) is 5.82 Å². The number of esters is 1. The van der Waals surface area contributed by atoms with Crippen LogP contribution in [0.4, 0.5) is 0 Å². The third kappa shape index (κ3) is 3.19. The maximum atomic E-state index is 11.7. The molecule has 0 aliphatic heterocycles. The van der Waals surface area contributed by atoms with Gasteiger partial charge in [-0.2, -0.15) is 4.98 Å². The van der Waals surface area contributed by atoms with Gasteiger partial charge >= 0.3 is 5.97 Å². The topological polar surface area (TPSA) is 81.0 Å². The van der Waals surface area contributed by atoms with Gasteiger partial charge in [-0.15, -0.1) is 0 Å². The van der Waals surface area contributed by atoms with Crippen molar-refractivity contribution in [2.75, 3.05) is 0 Å². The summed E-state index contributed by atoms with van der Waals surface area (Å²) in [6, 6.07) is 11.0. The maximum Gasteiger partial charge on any atom is 0.355 e. The van der Waals surface area contributed by atoms with E-state index in [0.717, 1.165) is 10.0 Å². The second-order valence-electron chi connectivity index (χ2n) is 4.19. The summed E-state index contributed by atoms with van der Waals surface area (Å²) >= 11 is 3.25. The van der Waals surface area contributed by atoms with Gasteiger partial charge in [0, 0.05) is 16.2 Å². The Hall–Kier alpha value is -2.41. The number of nitrogens with zero attached hydrogens (tertiary/aromatic N) is 2. The highest BCUT2D eigenvalue weighted by Crippen LogP contribution is 2.16. The number of hydrogen-bond acceptors (Lipinski definition) is 5. The summed E-state index contributed by atoms with van der Waals surface area (Å²) in [6.07, 6.45) is 1.65. The van der Waals surface area contributed by atoms with Crippen LogP contribution in [0.25, 0.3) is 11.4 Å². The van der Waals surface area contributed by atoms with Crippen LogP contribution in [0.15, 0.2) is 51.6 Å². The van der Waals surface area contributed by atoms with Gasteiger partial charge < -0.3 is 14.2 Å². The first-order valence-corrected chi connectivity index (χ1v) is 6.91. The summed E-state index contributed by atoms with van der Waals surface area (Å²) < 4.78 is 10.9. The molecule has 0 fully saturated rings. The molecule has 6 nitrogen and oxygen atoms in total. The first kappa shape index (κ1) is 13.6. The molecule has 7 heteroatoms. The number of ether oxygens (including phenoxy) is 1. The first-order valence-electron chi connectivity index (χ1n) is 6.11. The zero-order valence-electron chi connectivity index (χ0n) is 10.7. The molecule has 1 N–H and O–H groups in total. The van der Waals surface area contributed by atoms with Crippen molar-refractivity contribution >= 4 is 21.9 Å². The standard InChI is InChI=1S/C14H10BrN3O3/c15-10-6-11(16-7-10)14(19)20-8-12-17-13(18-21-12)9-4-2-1-3-5-9/h1-7,16H,8H2. The minimum atomic E-state index is -0.486. The molecule has 2 heterocycles. The van der Waals surface area contributed by atoms with Crippen LogP contribution in [0.2, 0.25) is 0 Å². The monoisotopic (exact) mass is 347 g/mol. The lowest BCUT2D eigenvalue weighted by atomic mass is 10.2. The predicted molar refractivity (Wildman–Crippen MR) is 77.3 cm³/mol. The molecule has 1 aromatic carbocycles. The molecule has 0 saturated heterocycles. The normalized spacial score (nSPS) is 10.5. The number of benzene rings is 1. The Bertz CT molecular complexity index is 752. The molecular formula is C14H10BrN3O3. The highest BCUT2D eigenvalue weighted by molar-refractivity contribution is 9.10. The predicted octanol–water partition coefficient (Wildman–Crippen LogP) is 3.18. The maximum absolute atomic E-state index is 11.7. The summed E-state index contributed by atoms with van der Waals surface area (Å²) in [5, 5.41) is 3.85. The number of H-pyrrole nitrogens is 1. The van der Waals surface area contributed by atoms with Crippen molar-refractivity contribution in [2.45, 2.75) is 6.61 Å². The van der Waals surface area contributed by atoms with E-state index in [1.165, 1.54) is 0 Å². The Morgan fingerprint density at radius 1 is 1.33 bits per heavy atom. The molecule has 0 saturated carbocycles. The molecule has 0 atom stereocenters. The van der Waals surface area contributed by atoms with E-state index < -0.39 is 5.97 Å². The van der Waals surface area contributed by atoms with Gasteiger partial charge in [0.25, 0.3) is 5.89 Å². The summed E-state index contributed by atoms with van der Waals surface area (Å²) in [7, 11) is 0. The van der Waals surface area contributed by atoms with Crippen molar-refractivity contribution in [3.05, 3.63) is 58.7 Å². The Kier molecular flexibility index (Phi) is 3.83. The average Bonchev–Trinajstić information content (AvgIpc) is 3.15. The van der Waals surface area contributed by atoms with E-state index in [4.69, 9.17) is 9.26 Å². The van der Waals surface area contributed by atoms with Crippen molar-refractivity contribution in [1.82, 2.24) is 15.1 Å². The summed E-state index contributed by atoms with van der Waals surface area (Å²) in [4.78, 5) is 18.7. The number of halogens is 1. The van der Waals surface area contributed by atoms with Crippen molar-refractivity contribution < 1.29 is 14.1 Å². The number of aromatic nitrogens is 3. The fourth-order valence-electron chi connectivity index (χ4n) is 1.71. The quantitative estimate of drug-likeness (QED) is 0.733. The third-order valence-corrected chi connectivity index (χ3v) is 3.15. The van der Waals surface area contributed by atoms with Crippen LogP contribution < -0.4 is 0 Å². The molecule has 2 aromatic heterocycles. The van der Waals surface area contributed by atoms with Crippen LogP contribution in [-0.2, 0) is 11.3 Å². The van der Waals surface area contributed by atoms with E-state index in [1.807, 2.05) is 30.3 Å². The van der Waals surface area contributed by atoms with Gasteiger partial charge in [-0.25, -0.2) is 4.79 Å². The van der Waals surface area contributed by atoms with E-state index in [-0.39, 0.29) is 12.5 Å². The summed E-state index contributed by atoms with van der Waals surface area (Å²) in [6.45, 7) is -0.0741. The number of carbonyl (C=O) groups is 1. The van der Waals surface area contributed by atoms with Gasteiger partial charge in [0.15, 0.2) is 6.61 Å². The van der Waals surface area contributed by atoms with Crippen LogP contribution in [0.3, 0.4) is 0 Å². The molecule has 0 radical (unpaired) electrons. The van der Waals surface area contributed by atoms with Crippen LogP contribution in [0.5, 0.6) is 0 Å². The molecular weight excluding hydrogens is 338 g/mol. The number of carbonyl (C=O) groups excluding carboxylic acids is 1. The average molecular weight is 348 g/mol. The lowest BCUT2D eigenvalue weighted by molar-refractivity contribution is 0.0423. The van der Waals surface area contributed by atoms with Gasteiger partial charge in [-0.05, 0) is 22.0 Å². The first-order chi connectivity index (χ1) is 10.2. The SMILES string of the molecule is O=C(OCc1nc(-c2ccccc2)no1)c1cc(Br)c[nH]1. The lowest BCUT2D eigenvalue weighted by Gasteiger charge is -1.98. The molecule has 0 unspecified atom stereocenters. The van der Waals surface area contributed by atoms with Crippen LogP contribution >= 0.6 is 15.9 Å². The van der Waals surface area contributed by atoms with Gasteiger partial charge in [0.1, 0.15) is 5.69 Å². The van der Waals surface area contributed by atoms with Crippen molar-refractivity contribution in [1.29, 1.82) is 0 Å². The summed E-state index contributed by atoms with van der Waals surface area (Å²) in [5.74, 6) is 0.220. The second-order valence-corrected chi connectivity index (χ2v) is 5.10. The molecule has 0 spiro atoms. The van der Waals surface area contributed by atoms with E-state index in [0.29, 0.717) is 11.5 Å². The van der Waals surface area contributed by atoms with E-state index in [2.05, 4.69) is 31.1 Å². The molecule has 0 aliphatic carbocycles. The number of hydrogen-bond donors (Lipinski definition) is 1. The molecule has 21 heavy (non-hydrogen) atoms. The van der Waals surface area contributed by atoms with E-state index in [1.54, 1.807) is 12.3 Å². The molecule has 3 rings (SSSR count). The zero-order valence-corrected chi connectivity index (χ0v) is 12.3. The van der Waals surface area contributed by atoms with Crippen molar-refractivity contribution in [3.63, 3.8) is 0 Å². The Morgan fingerprint density at radius 2 is 2.14 bits per heavy atom. The summed E-state index contributed by atoms with van der Waals surface area (Å²) in [5.41, 5.74) is 1.19. The molecule has 0 bridgehead atoms. The van der Waals surface area contributed by atoms with Crippen molar-refractivity contribution in [3.8, 4) is 11.4 Å². The largest absolute Gasteiger partial charge is 0.451 e. The Labute approximate surface area is 128 Å². The van der Waals surface area contributed by atoms with Gasteiger partial charge in [-0.3, -0.25) is 0 Å². The smallest absolute Gasteiger partial charge is 0.355 e. The van der Waals surface area contributed by atoms with Gasteiger partial charge in [0.05, 0.1) is 0 Å². The van der Waals surface area contributed by atoms with Crippen LogP contribution in [0.1, 0.15) is 16.4 Å². The van der Waals surface area contributed by atoms with Crippen molar-refractivity contribution in [2.24, 2.45) is 0 Å².